The maximum Gasteiger partial charge on any atom is 0.338 e. The lowest BCUT2D eigenvalue weighted by Crippen LogP contribution is -2.12. The first-order valence-corrected chi connectivity index (χ1v) is 12.5. The Hall–Kier alpha value is -2.87. The molecule has 34 heavy (non-hydrogen) atoms. The van der Waals surface area contributed by atoms with Crippen LogP contribution < -0.4 is 4.74 Å². The Morgan fingerprint density at radius 1 is 1.15 bits per heavy atom. The zero-order chi connectivity index (χ0) is 23.6. The molecule has 0 unspecified atom stereocenters. The van der Waals surface area contributed by atoms with Crippen molar-refractivity contribution >= 4 is 44.0 Å². The third-order valence-electron chi connectivity index (χ3n) is 7.17. The van der Waals surface area contributed by atoms with Crippen LogP contribution >= 0.6 is 15.9 Å². The molecule has 0 aliphatic heterocycles. The number of aromatic nitrogens is 4. The fraction of sp³-hybridized carbons (Fsp3) is 0.423. The van der Waals surface area contributed by atoms with Crippen molar-refractivity contribution in [3.8, 4) is 17.3 Å². The fourth-order valence-electron chi connectivity index (χ4n) is 4.76. The Morgan fingerprint density at radius 2 is 1.94 bits per heavy atom. The second-order valence-electron chi connectivity index (χ2n) is 10.0. The number of ether oxygens (including phenoxy) is 2. The van der Waals surface area contributed by atoms with Gasteiger partial charge in [0.25, 0.3) is 0 Å². The number of carbonyl (C=O) groups is 1. The van der Waals surface area contributed by atoms with Gasteiger partial charge in [0.2, 0.25) is 0 Å². The number of methoxy groups -OCH3 is 2. The molecule has 0 radical (unpaired) electrons. The summed E-state index contributed by atoms with van der Waals surface area (Å²) in [5.74, 6) is 1.79. The molecule has 0 N–H and O–H groups in total. The first-order valence-electron chi connectivity index (χ1n) is 11.7. The Morgan fingerprint density at radius 3 is 2.62 bits per heavy atom. The van der Waals surface area contributed by atoms with Crippen LogP contribution in [-0.4, -0.2) is 39.3 Å². The maximum atomic E-state index is 12.3. The molecule has 2 saturated carbocycles. The van der Waals surface area contributed by atoms with Crippen molar-refractivity contribution in [1.29, 1.82) is 0 Å². The van der Waals surface area contributed by atoms with Crippen LogP contribution in [0.4, 0.5) is 0 Å². The Bertz CT molecular complexity index is 1450. The zero-order valence-electron chi connectivity index (χ0n) is 19.6. The van der Waals surface area contributed by atoms with Crippen LogP contribution in [0.3, 0.4) is 0 Å². The minimum atomic E-state index is -0.401. The van der Waals surface area contributed by atoms with Crippen molar-refractivity contribution in [2.45, 2.75) is 45.7 Å². The van der Waals surface area contributed by atoms with Gasteiger partial charge in [-0.05, 0) is 83.3 Å². The number of fused-ring (bicyclic) bond motifs is 2. The smallest absolute Gasteiger partial charge is 0.338 e. The molecular weight excluding hydrogens is 496 g/mol. The summed E-state index contributed by atoms with van der Waals surface area (Å²) in [5.41, 5.74) is 4.34. The van der Waals surface area contributed by atoms with Gasteiger partial charge in [-0.2, -0.15) is 0 Å². The number of imidazole rings is 1. The summed E-state index contributed by atoms with van der Waals surface area (Å²) >= 11 is 3.55. The Labute approximate surface area is 206 Å². The van der Waals surface area contributed by atoms with E-state index in [0.29, 0.717) is 17.2 Å². The van der Waals surface area contributed by atoms with Gasteiger partial charge in [0.1, 0.15) is 21.5 Å². The highest BCUT2D eigenvalue weighted by atomic mass is 79.9. The average Bonchev–Trinajstić information content (AvgIpc) is 3.73. The summed E-state index contributed by atoms with van der Waals surface area (Å²) < 4.78 is 16.2. The number of esters is 1. The minimum absolute atomic E-state index is 0.239. The fourth-order valence-corrected chi connectivity index (χ4v) is 5.06. The van der Waals surface area contributed by atoms with E-state index in [4.69, 9.17) is 19.4 Å². The summed E-state index contributed by atoms with van der Waals surface area (Å²) in [6.07, 6.45) is 4.87. The number of nitrogens with zero attached hydrogens (tertiary/aromatic N) is 4. The number of hydrogen-bond donors (Lipinski definition) is 0. The number of rotatable bonds is 7. The SMILES string of the molecule is COC(=O)c1cc(OC)c2c(c1)nc(-c1cc3ccc(Br)nc3n1CC1CC1)n2CC1(C)CC1. The Balaban J connectivity index is 1.63. The third-order valence-corrected chi connectivity index (χ3v) is 7.61. The monoisotopic (exact) mass is 522 g/mol. The van der Waals surface area contributed by atoms with Gasteiger partial charge >= 0.3 is 5.97 Å². The Kier molecular flexibility index (Phi) is 4.99. The molecule has 8 heteroatoms. The molecule has 2 fully saturated rings. The van der Waals surface area contributed by atoms with Crippen molar-refractivity contribution in [1.82, 2.24) is 19.1 Å². The second-order valence-corrected chi connectivity index (χ2v) is 10.8. The molecule has 0 saturated heterocycles. The molecule has 0 bridgehead atoms. The summed E-state index contributed by atoms with van der Waals surface area (Å²) in [7, 11) is 3.02. The van der Waals surface area contributed by atoms with E-state index in [0.717, 1.165) is 51.3 Å². The van der Waals surface area contributed by atoms with E-state index in [9.17, 15) is 4.79 Å². The number of carbonyl (C=O) groups excluding carboxylic acids is 1. The van der Waals surface area contributed by atoms with Crippen molar-refractivity contribution in [3.05, 3.63) is 40.5 Å². The molecule has 3 aromatic heterocycles. The van der Waals surface area contributed by atoms with Gasteiger partial charge in [-0.3, -0.25) is 0 Å². The summed E-state index contributed by atoms with van der Waals surface area (Å²) in [4.78, 5) is 22.2. The van der Waals surface area contributed by atoms with Gasteiger partial charge < -0.3 is 18.6 Å². The summed E-state index contributed by atoms with van der Waals surface area (Å²) in [5, 5.41) is 1.09. The molecule has 0 atom stereocenters. The predicted molar refractivity (Wildman–Crippen MR) is 134 cm³/mol. The van der Waals surface area contributed by atoms with Crippen molar-refractivity contribution < 1.29 is 14.3 Å². The highest BCUT2D eigenvalue weighted by Gasteiger charge is 2.39. The van der Waals surface area contributed by atoms with Crippen LogP contribution in [0.2, 0.25) is 0 Å². The van der Waals surface area contributed by atoms with Crippen molar-refractivity contribution in [2.75, 3.05) is 14.2 Å². The molecular formula is C26H27BrN4O3. The first-order chi connectivity index (χ1) is 16.4. The van der Waals surface area contributed by atoms with Gasteiger partial charge in [-0.15, -0.1) is 0 Å². The van der Waals surface area contributed by atoms with E-state index in [-0.39, 0.29) is 5.41 Å². The molecule has 0 amide bonds. The second kappa shape index (κ2) is 7.83. The largest absolute Gasteiger partial charge is 0.494 e. The summed E-state index contributed by atoms with van der Waals surface area (Å²) in [6, 6.07) is 9.83. The van der Waals surface area contributed by atoms with E-state index in [2.05, 4.69) is 44.1 Å². The van der Waals surface area contributed by atoms with Crippen LogP contribution in [0.25, 0.3) is 33.6 Å². The lowest BCUT2D eigenvalue weighted by atomic mass is 10.1. The molecule has 0 spiro atoms. The molecule has 6 rings (SSSR count). The summed E-state index contributed by atoms with van der Waals surface area (Å²) in [6.45, 7) is 4.08. The van der Waals surface area contributed by atoms with E-state index in [1.54, 1.807) is 13.2 Å². The molecule has 7 nitrogen and oxygen atoms in total. The molecule has 1 aromatic carbocycles. The molecule has 176 valence electrons. The lowest BCUT2D eigenvalue weighted by Gasteiger charge is -2.17. The van der Waals surface area contributed by atoms with Gasteiger partial charge in [-0.25, -0.2) is 14.8 Å². The first kappa shape index (κ1) is 21.6. The van der Waals surface area contributed by atoms with Crippen LogP contribution in [0.1, 0.15) is 43.0 Å². The zero-order valence-corrected chi connectivity index (χ0v) is 21.2. The third kappa shape index (κ3) is 3.68. The van der Waals surface area contributed by atoms with Crippen LogP contribution in [0, 0.1) is 11.3 Å². The number of benzene rings is 1. The molecule has 4 aromatic rings. The average molecular weight is 523 g/mol. The number of halogens is 1. The quantitative estimate of drug-likeness (QED) is 0.226. The van der Waals surface area contributed by atoms with E-state index >= 15 is 0 Å². The van der Waals surface area contributed by atoms with Crippen LogP contribution in [-0.2, 0) is 17.8 Å². The maximum absolute atomic E-state index is 12.3. The van der Waals surface area contributed by atoms with Gasteiger partial charge in [0.15, 0.2) is 5.82 Å². The molecule has 3 heterocycles. The van der Waals surface area contributed by atoms with E-state index in [1.807, 2.05) is 12.1 Å². The van der Waals surface area contributed by atoms with Gasteiger partial charge in [0.05, 0.1) is 31.0 Å². The molecule has 2 aliphatic carbocycles. The predicted octanol–water partition coefficient (Wildman–Crippen LogP) is 5.82. The number of pyridine rings is 1. The highest BCUT2D eigenvalue weighted by Crippen LogP contribution is 2.48. The minimum Gasteiger partial charge on any atom is -0.494 e. The van der Waals surface area contributed by atoms with Crippen LogP contribution in [0.5, 0.6) is 5.75 Å². The van der Waals surface area contributed by atoms with Gasteiger partial charge in [0, 0.05) is 18.5 Å². The van der Waals surface area contributed by atoms with Crippen LogP contribution in [0.15, 0.2) is 34.9 Å². The van der Waals surface area contributed by atoms with Crippen molar-refractivity contribution in [2.24, 2.45) is 11.3 Å². The molecule has 2 aliphatic rings. The van der Waals surface area contributed by atoms with Crippen molar-refractivity contribution in [3.63, 3.8) is 0 Å². The normalized spacial score (nSPS) is 16.8. The standard InChI is InChI=1S/C26H27BrN4O3/c1-26(8-9-26)14-31-22-18(10-17(25(32)34-3)12-20(22)33-2)28-24(31)19-11-16-6-7-21(27)29-23(16)30(19)13-15-4-5-15/h6-7,10-12,15H,4-5,8-9,13-14H2,1-3H3. The topological polar surface area (TPSA) is 71.2 Å². The lowest BCUT2D eigenvalue weighted by molar-refractivity contribution is 0.0600. The van der Waals surface area contributed by atoms with E-state index < -0.39 is 5.97 Å². The number of hydrogen-bond acceptors (Lipinski definition) is 5. The van der Waals surface area contributed by atoms with Gasteiger partial charge in [-0.1, -0.05) is 6.92 Å². The highest BCUT2D eigenvalue weighted by molar-refractivity contribution is 9.10. The van der Waals surface area contributed by atoms with E-state index in [1.165, 1.54) is 32.8 Å².